The fourth-order valence-corrected chi connectivity index (χ4v) is 13.8. The van der Waals surface area contributed by atoms with Crippen LogP contribution in [0.25, 0.3) is 0 Å². The topological polar surface area (TPSA) is 37.3 Å². The van der Waals surface area contributed by atoms with Gasteiger partial charge in [-0.1, -0.05) is 0 Å². The van der Waals surface area contributed by atoms with Crippen molar-refractivity contribution in [2.75, 3.05) is 0 Å². The molecule has 0 spiro atoms. The monoisotopic (exact) mass is 342 g/mol. The summed E-state index contributed by atoms with van der Waals surface area (Å²) in [4.78, 5) is 10.6. The number of aliphatic carboxylic acids is 1. The first-order valence-electron chi connectivity index (χ1n) is 5.95. The molecule has 0 aliphatic carbocycles. The second-order valence-corrected chi connectivity index (χ2v) is 20.5. The van der Waals surface area contributed by atoms with Gasteiger partial charge in [0.25, 0.3) is 0 Å². The number of unbranched alkanes of at least 4 members (excludes halogenated alkanes) is 2. The van der Waals surface area contributed by atoms with E-state index in [1.165, 1.54) is 25.7 Å². The summed E-state index contributed by atoms with van der Waals surface area (Å²) in [6.07, 6.45) is 4.99. The van der Waals surface area contributed by atoms with Crippen LogP contribution in [0, 0.1) is 0 Å². The van der Waals surface area contributed by atoms with E-state index in [1.807, 2.05) is 0 Å². The summed E-state index contributed by atoms with van der Waals surface area (Å²) in [6, 6.07) is 0. The molecule has 1 N–H and O–H groups in total. The normalized spacial score (nSPS) is 11.7. The Morgan fingerprint density at radius 2 is 1.60 bits per heavy atom. The van der Waals surface area contributed by atoms with Crippen molar-refractivity contribution < 1.29 is 9.90 Å². The molecule has 0 unspecified atom stereocenters. The van der Waals surface area contributed by atoms with Crippen LogP contribution in [0.4, 0.5) is 0 Å². The van der Waals surface area contributed by atoms with Gasteiger partial charge in [0.05, 0.1) is 0 Å². The van der Waals surface area contributed by atoms with Gasteiger partial charge in [0, 0.05) is 0 Å². The van der Waals surface area contributed by atoms with E-state index >= 15 is 0 Å². The van der Waals surface area contributed by atoms with E-state index in [4.69, 9.17) is 14.0 Å². The van der Waals surface area contributed by atoms with Crippen LogP contribution >= 0.6 is 8.92 Å². The molecule has 0 aliphatic heterocycles. The molecule has 0 heterocycles. The number of carboxylic acids is 1. The number of hydrogen-bond donors (Lipinski definition) is 1. The van der Waals surface area contributed by atoms with Crippen LogP contribution in [0.2, 0.25) is 13.3 Å². The molecule has 0 aliphatic rings. The van der Waals surface area contributed by atoms with Crippen LogP contribution in [-0.4, -0.2) is 28.3 Å². The zero-order valence-electron chi connectivity index (χ0n) is 9.89. The average Bonchev–Trinajstić information content (AvgIpc) is 2.21. The van der Waals surface area contributed by atoms with Crippen molar-refractivity contribution in [1.29, 1.82) is 0 Å². The summed E-state index contributed by atoms with van der Waals surface area (Å²) in [5.74, 6) is -0.690. The minimum atomic E-state index is -2.53. The molecular weight excluding hydrogens is 318 g/mol. The summed E-state index contributed by atoms with van der Waals surface area (Å²) >= 11 is -2.53. The van der Waals surface area contributed by atoms with Crippen molar-refractivity contribution in [2.45, 2.75) is 59.3 Å². The fourth-order valence-electron chi connectivity index (χ4n) is 1.69. The first kappa shape index (κ1) is 15.6. The van der Waals surface area contributed by atoms with Crippen LogP contribution < -0.4 is 0 Å². The Kier molecular flexibility index (Phi) is 9.00. The molecule has 90 valence electrons. The van der Waals surface area contributed by atoms with Crippen molar-refractivity contribution in [3.05, 3.63) is 0 Å². The maximum atomic E-state index is 10.6. The second-order valence-electron chi connectivity index (χ2n) is 4.25. The fraction of sp³-hybridized carbons (Fsp3) is 0.909. The summed E-state index contributed by atoms with van der Waals surface area (Å²) in [5, 5.41) is 8.70. The Morgan fingerprint density at radius 1 is 1.13 bits per heavy atom. The molecule has 0 aromatic heterocycles. The van der Waals surface area contributed by atoms with Crippen molar-refractivity contribution in [3.8, 4) is 0 Å². The maximum absolute atomic E-state index is 10.6. The Hall–Kier alpha value is 0.559. The molecule has 0 rings (SSSR count). The number of carbonyl (C=O) groups is 1. The zero-order valence-corrected chi connectivity index (χ0v) is 13.5. The Labute approximate surface area is 101 Å². The van der Waals surface area contributed by atoms with Gasteiger partial charge in [-0.15, -0.1) is 0 Å². The van der Waals surface area contributed by atoms with Crippen LogP contribution in [-0.2, 0) is 4.79 Å². The molecule has 2 nitrogen and oxygen atoms in total. The van der Waals surface area contributed by atoms with Gasteiger partial charge in [0.2, 0.25) is 0 Å². The van der Waals surface area contributed by atoms with Crippen molar-refractivity contribution >= 4 is 32.1 Å². The molecular formula is C11H23ClO2Sn. The van der Waals surface area contributed by atoms with Gasteiger partial charge in [-0.05, 0) is 0 Å². The van der Waals surface area contributed by atoms with Gasteiger partial charge >= 0.3 is 101 Å². The third kappa shape index (κ3) is 8.37. The van der Waals surface area contributed by atoms with Gasteiger partial charge in [-0.2, -0.15) is 0 Å². The SMILES string of the molecule is CCC[CH2][Sn]([Cl])([CH2]CCC)[CH2]CC(=O)O. The zero-order chi connectivity index (χ0) is 11.7. The second kappa shape index (κ2) is 8.68. The third-order valence-electron chi connectivity index (χ3n) is 2.74. The quantitative estimate of drug-likeness (QED) is 0.637. The van der Waals surface area contributed by atoms with Gasteiger partial charge in [-0.3, -0.25) is 0 Å². The van der Waals surface area contributed by atoms with Gasteiger partial charge in [-0.25, -0.2) is 0 Å². The molecule has 0 saturated heterocycles. The van der Waals surface area contributed by atoms with E-state index in [0.717, 1.165) is 13.3 Å². The molecule has 0 aromatic carbocycles. The molecule has 4 heteroatoms. The van der Waals surface area contributed by atoms with Gasteiger partial charge < -0.3 is 0 Å². The van der Waals surface area contributed by atoms with Gasteiger partial charge in [0.15, 0.2) is 0 Å². The Balaban J connectivity index is 4.06. The molecule has 0 saturated carbocycles. The van der Waals surface area contributed by atoms with Crippen molar-refractivity contribution in [2.24, 2.45) is 0 Å². The van der Waals surface area contributed by atoms with E-state index in [0.29, 0.717) is 0 Å². The molecule has 0 radical (unpaired) electrons. The summed E-state index contributed by atoms with van der Waals surface area (Å²) in [6.45, 7) is 4.33. The molecule has 0 fully saturated rings. The molecule has 0 aromatic rings. The predicted molar refractivity (Wildman–Crippen MR) is 68.1 cm³/mol. The van der Waals surface area contributed by atoms with E-state index in [9.17, 15) is 4.79 Å². The molecule has 0 amide bonds. The number of hydrogen-bond acceptors (Lipinski definition) is 1. The number of rotatable bonds is 9. The molecule has 15 heavy (non-hydrogen) atoms. The van der Waals surface area contributed by atoms with E-state index in [2.05, 4.69) is 13.8 Å². The van der Waals surface area contributed by atoms with Crippen LogP contribution in [0.15, 0.2) is 0 Å². The van der Waals surface area contributed by atoms with E-state index in [1.54, 1.807) is 0 Å². The first-order valence-corrected chi connectivity index (χ1v) is 15.6. The van der Waals surface area contributed by atoms with Crippen LogP contribution in [0.5, 0.6) is 0 Å². The van der Waals surface area contributed by atoms with E-state index < -0.39 is 23.2 Å². The van der Waals surface area contributed by atoms with Gasteiger partial charge in [0.1, 0.15) is 0 Å². The van der Waals surface area contributed by atoms with Crippen molar-refractivity contribution in [3.63, 3.8) is 0 Å². The predicted octanol–water partition coefficient (Wildman–Crippen LogP) is 4.25. The average molecular weight is 341 g/mol. The molecule has 0 bridgehead atoms. The molecule has 0 atom stereocenters. The minimum absolute atomic E-state index is 0.285. The standard InChI is InChI=1S/2C4H9.C3H5O2.ClH.Sn/c2*1-3-4-2;1-2-3(4)5;;/h2*1,3-4H2,2H3;1-2H2,(H,4,5);1H;/q;;;;+1/p-1. The number of halogens is 1. The van der Waals surface area contributed by atoms with E-state index in [-0.39, 0.29) is 6.42 Å². The summed E-state index contributed by atoms with van der Waals surface area (Å²) in [7, 11) is 6.69. The Bertz CT molecular complexity index is 177. The number of carboxylic acid groups (broad SMARTS) is 1. The van der Waals surface area contributed by atoms with Crippen LogP contribution in [0.1, 0.15) is 46.0 Å². The first-order chi connectivity index (χ1) is 7.04. The van der Waals surface area contributed by atoms with Crippen LogP contribution in [0.3, 0.4) is 0 Å². The van der Waals surface area contributed by atoms with Crippen molar-refractivity contribution in [1.82, 2.24) is 0 Å². The third-order valence-corrected chi connectivity index (χ3v) is 17.0. The summed E-state index contributed by atoms with van der Waals surface area (Å²) < 4.78 is 3.12. The summed E-state index contributed by atoms with van der Waals surface area (Å²) in [5.41, 5.74) is 0. The Morgan fingerprint density at radius 3 is 1.93 bits per heavy atom.